The van der Waals surface area contributed by atoms with Crippen LogP contribution in [-0.2, 0) is 24.0 Å². The van der Waals surface area contributed by atoms with Crippen molar-refractivity contribution in [3.05, 3.63) is 12.3 Å². The molecule has 1 unspecified atom stereocenters. The number of nitrogens with one attached hydrogen (secondary N) is 2. The summed E-state index contributed by atoms with van der Waals surface area (Å²) < 4.78 is 5.19. The highest BCUT2D eigenvalue weighted by Gasteiger charge is 2.09. The molecule has 0 aliphatic heterocycles. The molecule has 0 radical (unpaired) electrons. The highest BCUT2D eigenvalue weighted by Crippen LogP contribution is 2.00. The van der Waals surface area contributed by atoms with Crippen LogP contribution in [-0.4, -0.2) is 56.5 Å². The van der Waals surface area contributed by atoms with Crippen LogP contribution >= 0.6 is 0 Å². The van der Waals surface area contributed by atoms with Crippen molar-refractivity contribution in [2.75, 3.05) is 27.3 Å². The highest BCUT2D eigenvalue weighted by atomic mass is 16.7. The number of carbonyl (C=O) groups excluding carboxylic acids is 3. The molecule has 0 aromatic heterocycles. The van der Waals surface area contributed by atoms with Gasteiger partial charge in [0.1, 0.15) is 6.61 Å². The topological polar surface area (TPSA) is 97.0 Å². The number of carbonyl (C=O) groups is 3. The Kier molecular flexibility index (Phi) is 15.7. The monoisotopic (exact) mass is 317 g/mol. The van der Waals surface area contributed by atoms with Gasteiger partial charge in [0.15, 0.2) is 0 Å². The van der Waals surface area contributed by atoms with E-state index in [1.165, 1.54) is 13.0 Å². The fraction of sp³-hybridized carbons (Fsp3) is 0.643. The summed E-state index contributed by atoms with van der Waals surface area (Å²) in [6, 6.07) is 0. The van der Waals surface area contributed by atoms with Crippen LogP contribution < -0.4 is 10.8 Å². The van der Waals surface area contributed by atoms with Crippen molar-refractivity contribution in [3.8, 4) is 0 Å². The van der Waals surface area contributed by atoms with Crippen LogP contribution in [0.5, 0.6) is 0 Å². The van der Waals surface area contributed by atoms with Crippen molar-refractivity contribution in [2.45, 2.75) is 33.3 Å². The molecule has 0 aromatic rings. The molecule has 0 saturated carbocycles. The van der Waals surface area contributed by atoms with Crippen LogP contribution in [0.25, 0.3) is 0 Å². The van der Waals surface area contributed by atoms with E-state index in [0.29, 0.717) is 19.4 Å². The van der Waals surface area contributed by atoms with E-state index in [-0.39, 0.29) is 18.6 Å². The third-order valence-electron chi connectivity index (χ3n) is 2.30. The molecule has 1 atom stereocenters. The van der Waals surface area contributed by atoms with Crippen LogP contribution in [0, 0.1) is 0 Å². The lowest BCUT2D eigenvalue weighted by molar-refractivity contribution is -0.134. The zero-order valence-corrected chi connectivity index (χ0v) is 13.9. The van der Waals surface area contributed by atoms with Gasteiger partial charge in [-0.05, 0) is 6.42 Å². The molecule has 8 heteroatoms. The second kappa shape index (κ2) is 15.5. The number of hydrogen-bond acceptors (Lipinski definition) is 6. The second-order valence-corrected chi connectivity index (χ2v) is 4.04. The molecule has 0 bridgehead atoms. The molecule has 128 valence electrons. The summed E-state index contributed by atoms with van der Waals surface area (Å²) in [5.74, 6) is -0.759. The first-order chi connectivity index (χ1) is 10.5. The van der Waals surface area contributed by atoms with Gasteiger partial charge in [0, 0.05) is 39.9 Å². The van der Waals surface area contributed by atoms with Crippen molar-refractivity contribution >= 4 is 18.2 Å². The lowest BCUT2D eigenvalue weighted by Gasteiger charge is -2.19. The maximum Gasteiger partial charge on any atom is 0.251 e. The zero-order valence-electron chi connectivity index (χ0n) is 13.9. The van der Waals surface area contributed by atoms with E-state index >= 15 is 0 Å². The normalized spacial score (nSPS) is 11.1. The molecule has 0 saturated heterocycles. The lowest BCUT2D eigenvalue weighted by Crippen LogP contribution is -2.30. The van der Waals surface area contributed by atoms with E-state index in [2.05, 4.69) is 5.48 Å². The molecule has 0 aromatic carbocycles. The molecule has 0 spiro atoms. The van der Waals surface area contributed by atoms with Gasteiger partial charge in [-0.25, -0.2) is 5.48 Å². The van der Waals surface area contributed by atoms with Crippen LogP contribution in [0.4, 0.5) is 0 Å². The molecule has 0 heterocycles. The molecule has 0 aliphatic carbocycles. The maximum absolute atomic E-state index is 11.0. The molecule has 8 nitrogen and oxygen atoms in total. The average molecular weight is 317 g/mol. The van der Waals surface area contributed by atoms with Crippen molar-refractivity contribution in [1.29, 1.82) is 0 Å². The average Bonchev–Trinajstić information content (AvgIpc) is 2.50. The second-order valence-electron chi connectivity index (χ2n) is 4.04. The minimum atomic E-state index is -0.482. The van der Waals surface area contributed by atoms with Crippen molar-refractivity contribution in [1.82, 2.24) is 15.7 Å². The van der Waals surface area contributed by atoms with Crippen LogP contribution in [0.1, 0.15) is 27.2 Å². The quantitative estimate of drug-likeness (QED) is 0.339. The standard InChI is InChI=1S/C12H21N3O5.C2H6/c1-10(17)14-20-8-11(19-3)4-6-15(2)7-5-12(18)13-9-16;1-2/h5,7,9,11H,4,6,8H2,1-3H3,(H,14,17)(H,13,16,18);1-2H3/b7-5-;. The molecule has 3 amide bonds. The number of imide groups is 1. The summed E-state index contributed by atoms with van der Waals surface area (Å²) in [5.41, 5.74) is 2.22. The number of methoxy groups -OCH3 is 1. The smallest absolute Gasteiger partial charge is 0.251 e. The first kappa shape index (κ1) is 22.4. The molecule has 0 rings (SSSR count). The van der Waals surface area contributed by atoms with E-state index in [4.69, 9.17) is 9.57 Å². The summed E-state index contributed by atoms with van der Waals surface area (Å²) in [6.45, 7) is 6.21. The van der Waals surface area contributed by atoms with Gasteiger partial charge in [0.2, 0.25) is 12.3 Å². The first-order valence-corrected chi connectivity index (χ1v) is 7.03. The van der Waals surface area contributed by atoms with Gasteiger partial charge in [-0.3, -0.25) is 24.5 Å². The third-order valence-corrected chi connectivity index (χ3v) is 2.30. The number of amides is 3. The Hall–Kier alpha value is -1.93. The summed E-state index contributed by atoms with van der Waals surface area (Å²) >= 11 is 0. The molecule has 0 fully saturated rings. The highest BCUT2D eigenvalue weighted by molar-refractivity contribution is 5.94. The molecular formula is C14H27N3O5. The van der Waals surface area contributed by atoms with Gasteiger partial charge >= 0.3 is 0 Å². The van der Waals surface area contributed by atoms with E-state index in [1.807, 2.05) is 19.2 Å². The first-order valence-electron chi connectivity index (χ1n) is 7.03. The summed E-state index contributed by atoms with van der Waals surface area (Å²) in [5, 5.41) is 2.00. The van der Waals surface area contributed by atoms with Crippen molar-refractivity contribution in [3.63, 3.8) is 0 Å². The lowest BCUT2D eigenvalue weighted by atomic mass is 10.2. The Morgan fingerprint density at radius 1 is 1.32 bits per heavy atom. The Balaban J connectivity index is 0. The van der Waals surface area contributed by atoms with Crippen LogP contribution in [0.3, 0.4) is 0 Å². The van der Waals surface area contributed by atoms with Crippen LogP contribution in [0.2, 0.25) is 0 Å². The van der Waals surface area contributed by atoms with Gasteiger partial charge in [0.25, 0.3) is 5.91 Å². The summed E-state index contributed by atoms with van der Waals surface area (Å²) in [6.07, 6.45) is 3.60. The third kappa shape index (κ3) is 14.5. The maximum atomic E-state index is 11.0. The largest absolute Gasteiger partial charge is 0.380 e. The number of rotatable bonds is 10. The number of hydroxylamine groups is 1. The minimum Gasteiger partial charge on any atom is -0.380 e. The minimum absolute atomic E-state index is 0.179. The Labute approximate surface area is 131 Å². The van der Waals surface area contributed by atoms with Gasteiger partial charge in [-0.15, -0.1) is 0 Å². The summed E-state index contributed by atoms with van der Waals surface area (Å²) in [4.78, 5) is 38.4. The van der Waals surface area contributed by atoms with Gasteiger partial charge < -0.3 is 9.64 Å². The van der Waals surface area contributed by atoms with Gasteiger partial charge in [-0.1, -0.05) is 13.8 Å². The van der Waals surface area contributed by atoms with Gasteiger partial charge in [-0.2, -0.15) is 0 Å². The Bertz CT molecular complexity index is 347. The summed E-state index contributed by atoms with van der Waals surface area (Å²) in [7, 11) is 3.33. The SMILES string of the molecule is CC.COC(CCN(C)/C=C\C(=O)NC=O)CONC(C)=O. The molecule has 22 heavy (non-hydrogen) atoms. The predicted molar refractivity (Wildman–Crippen MR) is 82.5 cm³/mol. The molecule has 0 aliphatic rings. The van der Waals surface area contributed by atoms with Gasteiger partial charge in [0.05, 0.1) is 6.10 Å². The van der Waals surface area contributed by atoms with Crippen molar-refractivity contribution in [2.24, 2.45) is 0 Å². The number of ether oxygens (including phenoxy) is 1. The van der Waals surface area contributed by atoms with Crippen LogP contribution in [0.15, 0.2) is 12.3 Å². The fourth-order valence-electron chi connectivity index (χ4n) is 1.23. The van der Waals surface area contributed by atoms with Crippen molar-refractivity contribution < 1.29 is 24.0 Å². The zero-order chi connectivity index (χ0) is 17.4. The fourth-order valence-corrected chi connectivity index (χ4v) is 1.23. The van der Waals surface area contributed by atoms with E-state index in [1.54, 1.807) is 25.3 Å². The number of nitrogens with zero attached hydrogens (tertiary/aromatic N) is 1. The molecular weight excluding hydrogens is 290 g/mol. The Morgan fingerprint density at radius 2 is 1.95 bits per heavy atom. The van der Waals surface area contributed by atoms with E-state index in [9.17, 15) is 14.4 Å². The predicted octanol–water partition coefficient (Wildman–Crippen LogP) is 0.204. The molecule has 2 N–H and O–H groups in total. The van der Waals surface area contributed by atoms with E-state index in [0.717, 1.165) is 0 Å². The number of hydrogen-bond donors (Lipinski definition) is 2. The van der Waals surface area contributed by atoms with E-state index < -0.39 is 5.91 Å². The Morgan fingerprint density at radius 3 is 2.45 bits per heavy atom.